The van der Waals surface area contributed by atoms with E-state index < -0.39 is 0 Å². The van der Waals surface area contributed by atoms with Crippen molar-refractivity contribution in [3.63, 3.8) is 0 Å². The van der Waals surface area contributed by atoms with E-state index in [1.54, 1.807) is 12.1 Å². The van der Waals surface area contributed by atoms with E-state index in [0.29, 0.717) is 40.4 Å². The molecule has 0 aliphatic rings. The third-order valence-electron chi connectivity index (χ3n) is 4.93. The Balaban J connectivity index is 0.00000578. The molecule has 0 fully saturated rings. The Morgan fingerprint density at radius 1 is 0.647 bits per heavy atom. The Bertz CT molecular complexity index is 1000. The second kappa shape index (κ2) is 15.5. The maximum absolute atomic E-state index is 13.6. The van der Waals surface area contributed by atoms with Crippen molar-refractivity contribution in [2.24, 2.45) is 20.4 Å². The number of nitrogens with zero attached hydrogens (tertiary/aromatic N) is 6. The number of hydrogen-bond acceptors (Lipinski definition) is 6. The van der Waals surface area contributed by atoms with Gasteiger partial charge in [-0.15, -0.1) is 10.2 Å². The molecule has 2 rings (SSSR count). The minimum Gasteiger partial charge on any atom is -0.741 e. The number of hydrogen-bond donors (Lipinski definition) is 0. The zero-order chi connectivity index (χ0) is 24.2. The number of amidine groups is 2. The molecule has 0 amide bonds. The molecule has 2 aromatic rings. The molecule has 0 bridgehead atoms. The Morgan fingerprint density at radius 2 is 1.03 bits per heavy atom. The van der Waals surface area contributed by atoms with Crippen LogP contribution in [-0.2, 0) is 42.3 Å². The topological polar surface area (TPSA) is 55.9 Å². The largest absolute Gasteiger partial charge is 2.00 e. The van der Waals surface area contributed by atoms with E-state index in [4.69, 9.17) is 25.3 Å². The standard InChI is InChI=1S/C24H31FN6S2.Cu/c1-5-30(6-2)23(32)28-26-21(18-12-10-9-11-13-18)22(19-14-16-20(25)17-15-19)27-29-24(33)31(7-3)8-4;/h9-17H,5-8H2,1-4H3,(H,28,32)(H,29,33);/q;+2/p-2. The second-order valence-corrected chi connectivity index (χ2v) is 7.61. The van der Waals surface area contributed by atoms with Gasteiger partial charge in [0.25, 0.3) is 0 Å². The van der Waals surface area contributed by atoms with Crippen LogP contribution in [0, 0.1) is 5.82 Å². The van der Waals surface area contributed by atoms with E-state index in [1.165, 1.54) is 12.1 Å². The van der Waals surface area contributed by atoms with E-state index in [0.717, 1.165) is 18.7 Å². The summed E-state index contributed by atoms with van der Waals surface area (Å²) in [5.74, 6) is -0.348. The molecule has 185 valence electrons. The van der Waals surface area contributed by atoms with E-state index in [2.05, 4.69) is 20.4 Å². The maximum Gasteiger partial charge on any atom is 2.00 e. The molecule has 0 atom stereocenters. The molecule has 34 heavy (non-hydrogen) atoms. The molecule has 6 nitrogen and oxygen atoms in total. The Morgan fingerprint density at radius 3 is 1.41 bits per heavy atom. The van der Waals surface area contributed by atoms with Gasteiger partial charge in [-0.25, -0.2) is 4.39 Å². The van der Waals surface area contributed by atoms with Crippen molar-refractivity contribution in [1.82, 2.24) is 9.80 Å². The fourth-order valence-corrected chi connectivity index (χ4v) is 3.59. The number of rotatable bonds is 9. The smallest absolute Gasteiger partial charge is 0.741 e. The summed E-state index contributed by atoms with van der Waals surface area (Å²) < 4.78 is 13.6. The van der Waals surface area contributed by atoms with Crippen LogP contribution >= 0.6 is 0 Å². The van der Waals surface area contributed by atoms with Crippen LogP contribution in [0.2, 0.25) is 0 Å². The van der Waals surface area contributed by atoms with Gasteiger partial charge in [0.2, 0.25) is 0 Å². The summed E-state index contributed by atoms with van der Waals surface area (Å²) in [4.78, 5) is 3.84. The molecule has 0 unspecified atom stereocenters. The van der Waals surface area contributed by atoms with Gasteiger partial charge in [0.15, 0.2) is 0 Å². The number of halogens is 1. The van der Waals surface area contributed by atoms with Crippen LogP contribution in [0.25, 0.3) is 0 Å². The molecular weight excluding hydrogens is 519 g/mol. The molecule has 10 heteroatoms. The van der Waals surface area contributed by atoms with E-state index in [9.17, 15) is 4.39 Å². The molecule has 0 spiro atoms. The summed E-state index contributed by atoms with van der Waals surface area (Å²) in [6, 6.07) is 15.5. The van der Waals surface area contributed by atoms with Gasteiger partial charge < -0.3 is 35.1 Å². The quantitative estimate of drug-likeness (QED) is 0.153. The van der Waals surface area contributed by atoms with Crippen LogP contribution in [0.15, 0.2) is 75.0 Å². The van der Waals surface area contributed by atoms with Gasteiger partial charge >= 0.3 is 17.1 Å². The minimum atomic E-state index is -0.348. The molecule has 1 radical (unpaired) electrons. The van der Waals surface area contributed by atoms with Gasteiger partial charge in [-0.2, -0.15) is 10.2 Å². The van der Waals surface area contributed by atoms with Crippen molar-refractivity contribution in [3.8, 4) is 0 Å². The van der Waals surface area contributed by atoms with Crippen LogP contribution in [0.4, 0.5) is 4.39 Å². The van der Waals surface area contributed by atoms with Crippen LogP contribution in [0.5, 0.6) is 0 Å². The van der Waals surface area contributed by atoms with E-state index in [1.807, 2.05) is 67.8 Å². The van der Waals surface area contributed by atoms with Crippen molar-refractivity contribution in [2.45, 2.75) is 27.7 Å². The number of benzene rings is 2. The van der Waals surface area contributed by atoms with Gasteiger partial charge in [-0.3, -0.25) is 0 Å². The predicted octanol–water partition coefficient (Wildman–Crippen LogP) is 4.42. The first-order valence-electron chi connectivity index (χ1n) is 10.9. The summed E-state index contributed by atoms with van der Waals surface area (Å²) in [7, 11) is 0. The minimum absolute atomic E-state index is 0. The molecule has 0 saturated heterocycles. The predicted molar refractivity (Wildman–Crippen MR) is 141 cm³/mol. The average molecular weight is 548 g/mol. The van der Waals surface area contributed by atoms with Gasteiger partial charge in [-0.1, -0.05) is 30.3 Å². The molecular formula is C24H29CuFN6S2. The van der Waals surface area contributed by atoms with Gasteiger partial charge in [0.1, 0.15) is 17.2 Å². The summed E-state index contributed by atoms with van der Waals surface area (Å²) in [5, 5.41) is 18.3. The monoisotopic (exact) mass is 547 g/mol. The summed E-state index contributed by atoms with van der Waals surface area (Å²) in [5.41, 5.74) is 2.29. The van der Waals surface area contributed by atoms with E-state index >= 15 is 0 Å². The third kappa shape index (κ3) is 8.43. The van der Waals surface area contributed by atoms with Crippen molar-refractivity contribution < 1.29 is 21.5 Å². The fourth-order valence-electron chi connectivity index (χ4n) is 2.99. The summed E-state index contributed by atoms with van der Waals surface area (Å²) >= 11 is 10.9. The summed E-state index contributed by atoms with van der Waals surface area (Å²) in [6.45, 7) is 10.9. The van der Waals surface area contributed by atoms with Crippen LogP contribution < -0.4 is 0 Å². The zero-order valence-electron chi connectivity index (χ0n) is 19.7. The van der Waals surface area contributed by atoms with Gasteiger partial charge in [0, 0.05) is 47.6 Å². The van der Waals surface area contributed by atoms with Crippen LogP contribution in [0.1, 0.15) is 38.8 Å². The van der Waals surface area contributed by atoms with Gasteiger partial charge in [0.05, 0.1) is 0 Å². The molecule has 0 aromatic heterocycles. The Kier molecular flexibility index (Phi) is 13.5. The first kappa shape index (κ1) is 29.6. The maximum atomic E-state index is 13.6. The molecule has 0 aliphatic heterocycles. The third-order valence-corrected chi connectivity index (χ3v) is 5.61. The Labute approximate surface area is 223 Å². The van der Waals surface area contributed by atoms with Crippen LogP contribution in [0.3, 0.4) is 0 Å². The molecule has 0 N–H and O–H groups in total. The molecule has 0 aliphatic carbocycles. The molecule has 0 saturated carbocycles. The first-order valence-corrected chi connectivity index (χ1v) is 11.7. The SMILES string of the molecule is CCN(CC)C([S-])=NN=C(C(=NN=C([S-])N(CC)CC)c1ccc(F)cc1)c1ccccc1.[Cu+2]. The summed E-state index contributed by atoms with van der Waals surface area (Å²) in [6.07, 6.45) is 0. The average Bonchev–Trinajstić information content (AvgIpc) is 2.84. The van der Waals surface area contributed by atoms with Crippen molar-refractivity contribution in [1.29, 1.82) is 0 Å². The Hall–Kier alpha value is -2.39. The molecule has 2 aromatic carbocycles. The second-order valence-electron chi connectivity index (χ2n) is 6.88. The fraction of sp³-hybridized carbons (Fsp3) is 0.333. The molecule has 0 heterocycles. The van der Waals surface area contributed by atoms with Crippen LogP contribution in [-0.4, -0.2) is 57.7 Å². The van der Waals surface area contributed by atoms with E-state index in [-0.39, 0.29) is 22.9 Å². The van der Waals surface area contributed by atoms with Crippen molar-refractivity contribution >= 4 is 47.0 Å². The van der Waals surface area contributed by atoms with Crippen molar-refractivity contribution in [2.75, 3.05) is 26.2 Å². The van der Waals surface area contributed by atoms with Gasteiger partial charge in [-0.05, 0) is 52.0 Å². The van der Waals surface area contributed by atoms with Crippen molar-refractivity contribution in [3.05, 3.63) is 71.5 Å². The zero-order valence-corrected chi connectivity index (χ0v) is 22.3. The first-order chi connectivity index (χ1) is 15.9. The normalized spacial score (nSPS) is 12.9.